The fraction of sp³-hybridized carbons (Fsp3) is 0.231. The number of hydrogen-bond donors (Lipinski definition) is 0. The third-order valence-electron chi connectivity index (χ3n) is 5.52. The number of carbonyl (C=O) groups is 3. The topological polar surface area (TPSA) is 71.9 Å². The molecule has 1 aliphatic rings. The highest BCUT2D eigenvalue weighted by atomic mass is 32.1. The lowest BCUT2D eigenvalue weighted by molar-refractivity contribution is -0.143. The van der Waals surface area contributed by atoms with Crippen molar-refractivity contribution in [1.29, 1.82) is 0 Å². The maximum atomic E-state index is 13.5. The van der Waals surface area contributed by atoms with Crippen LogP contribution in [0, 0.1) is 0 Å². The van der Waals surface area contributed by atoms with E-state index in [-0.39, 0.29) is 23.2 Å². The Kier molecular flexibility index (Phi) is 6.88. The van der Waals surface area contributed by atoms with Crippen molar-refractivity contribution in [1.82, 2.24) is 9.47 Å². The number of anilines is 1. The smallest absolute Gasteiger partial charge is 0.325 e. The highest BCUT2D eigenvalue weighted by Gasteiger charge is 2.40. The molecule has 0 unspecified atom stereocenters. The highest BCUT2D eigenvalue weighted by Crippen LogP contribution is 2.29. The van der Waals surface area contributed by atoms with E-state index in [1.54, 1.807) is 35.9 Å². The molecule has 1 aromatic heterocycles. The van der Waals surface area contributed by atoms with E-state index in [0.717, 1.165) is 10.9 Å². The maximum absolute atomic E-state index is 13.5. The minimum absolute atomic E-state index is 0.0185. The number of amides is 2. The molecule has 4 rings (SSSR count). The molecule has 2 aromatic carbocycles. The fourth-order valence-electron chi connectivity index (χ4n) is 4.02. The lowest BCUT2D eigenvalue weighted by atomic mass is 10.0. The number of thiocarbonyl (C=S) groups is 1. The zero-order chi connectivity index (χ0) is 24.2. The van der Waals surface area contributed by atoms with E-state index >= 15 is 0 Å². The number of ether oxygens (including phenoxy) is 1. The van der Waals surface area contributed by atoms with Crippen LogP contribution in [0.3, 0.4) is 0 Å². The van der Waals surface area contributed by atoms with Crippen LogP contribution in [0.1, 0.15) is 25.8 Å². The lowest BCUT2D eigenvalue weighted by Gasteiger charge is -2.36. The van der Waals surface area contributed by atoms with Crippen molar-refractivity contribution in [3.8, 4) is 0 Å². The number of carbonyl (C=O) groups excluding carboxylic acids is 3. The Labute approximate surface area is 203 Å². The Balaban J connectivity index is 1.82. The molecule has 1 aliphatic heterocycles. The minimum atomic E-state index is -0.476. The van der Waals surface area contributed by atoms with Crippen molar-refractivity contribution in [3.05, 3.63) is 71.9 Å². The van der Waals surface area contributed by atoms with Gasteiger partial charge in [-0.05, 0) is 49.8 Å². The van der Waals surface area contributed by atoms with E-state index < -0.39 is 11.8 Å². The van der Waals surface area contributed by atoms with Gasteiger partial charge in [-0.15, -0.1) is 0 Å². The normalized spacial score (nSPS) is 15.5. The van der Waals surface area contributed by atoms with Crippen LogP contribution in [-0.4, -0.2) is 45.5 Å². The van der Waals surface area contributed by atoms with E-state index in [1.807, 2.05) is 49.4 Å². The Hall–Kier alpha value is -3.78. The van der Waals surface area contributed by atoms with Gasteiger partial charge in [-0.2, -0.15) is 0 Å². The Morgan fingerprint density at radius 1 is 1.00 bits per heavy atom. The van der Waals surface area contributed by atoms with Crippen molar-refractivity contribution in [2.24, 2.45) is 0 Å². The van der Waals surface area contributed by atoms with E-state index in [9.17, 15) is 14.4 Å². The molecule has 0 atom stereocenters. The van der Waals surface area contributed by atoms with Gasteiger partial charge in [0.1, 0.15) is 12.1 Å². The molecule has 0 radical (unpaired) electrons. The van der Waals surface area contributed by atoms with Gasteiger partial charge in [0.05, 0.1) is 12.3 Å². The van der Waals surface area contributed by atoms with Crippen LogP contribution in [0.25, 0.3) is 17.0 Å². The summed E-state index contributed by atoms with van der Waals surface area (Å²) in [5, 5.41) is 0.992. The standard InChI is InChI=1S/C26H25N3O4S/c1-3-14-28-24(31)21(25(32)29(26(28)34)19-10-6-5-7-11-19)15-18-16-27(17-23(30)33-4-2)22-13-9-8-12-20(18)22/h5-13,15-16H,3-4,14,17H2,1-2H3/b21-15+. The third kappa shape index (κ3) is 4.36. The first-order valence-corrected chi connectivity index (χ1v) is 11.6. The number of hydrogen-bond acceptors (Lipinski definition) is 5. The molecular weight excluding hydrogens is 450 g/mol. The van der Waals surface area contributed by atoms with Crippen molar-refractivity contribution in [3.63, 3.8) is 0 Å². The molecule has 0 bridgehead atoms. The van der Waals surface area contributed by atoms with Crippen LogP contribution in [-0.2, 0) is 25.7 Å². The fourth-order valence-corrected chi connectivity index (χ4v) is 4.39. The predicted molar refractivity (Wildman–Crippen MR) is 135 cm³/mol. The second kappa shape index (κ2) is 10.0. The average molecular weight is 476 g/mol. The molecule has 2 heterocycles. The van der Waals surface area contributed by atoms with E-state index in [1.165, 1.54) is 9.80 Å². The summed E-state index contributed by atoms with van der Waals surface area (Å²) in [6.07, 6.45) is 4.04. The summed E-state index contributed by atoms with van der Waals surface area (Å²) in [7, 11) is 0. The molecule has 0 aliphatic carbocycles. The minimum Gasteiger partial charge on any atom is -0.465 e. The van der Waals surface area contributed by atoms with Crippen LogP contribution < -0.4 is 4.90 Å². The summed E-state index contributed by atoms with van der Waals surface area (Å²) < 4.78 is 6.86. The Morgan fingerprint density at radius 3 is 2.41 bits per heavy atom. The number of benzene rings is 2. The number of aromatic nitrogens is 1. The molecule has 3 aromatic rings. The van der Waals surface area contributed by atoms with Crippen LogP contribution in [0.4, 0.5) is 5.69 Å². The molecule has 0 saturated carbocycles. The quantitative estimate of drug-likeness (QED) is 0.222. The van der Waals surface area contributed by atoms with Gasteiger partial charge in [-0.1, -0.05) is 43.3 Å². The zero-order valence-corrected chi connectivity index (χ0v) is 19.9. The number of rotatable bonds is 7. The monoisotopic (exact) mass is 475 g/mol. The molecule has 34 heavy (non-hydrogen) atoms. The summed E-state index contributed by atoms with van der Waals surface area (Å²) in [5.41, 5.74) is 2.08. The van der Waals surface area contributed by atoms with Crippen LogP contribution >= 0.6 is 12.2 Å². The van der Waals surface area contributed by atoms with Gasteiger partial charge < -0.3 is 9.30 Å². The van der Waals surface area contributed by atoms with Gasteiger partial charge in [-0.3, -0.25) is 24.2 Å². The molecule has 7 nitrogen and oxygen atoms in total. The molecular formula is C26H25N3O4S. The average Bonchev–Trinajstić information content (AvgIpc) is 3.17. The van der Waals surface area contributed by atoms with Gasteiger partial charge in [0, 0.05) is 29.2 Å². The van der Waals surface area contributed by atoms with E-state index in [0.29, 0.717) is 30.8 Å². The van der Waals surface area contributed by atoms with Crippen molar-refractivity contribution >= 4 is 57.8 Å². The van der Waals surface area contributed by atoms with Crippen molar-refractivity contribution in [2.45, 2.75) is 26.8 Å². The molecule has 174 valence electrons. The molecule has 2 amide bonds. The van der Waals surface area contributed by atoms with Gasteiger partial charge >= 0.3 is 5.97 Å². The first-order chi connectivity index (χ1) is 16.5. The second-order valence-electron chi connectivity index (χ2n) is 7.81. The molecule has 1 saturated heterocycles. The van der Waals surface area contributed by atoms with Crippen LogP contribution in [0.15, 0.2) is 66.4 Å². The van der Waals surface area contributed by atoms with Crippen LogP contribution in [0.2, 0.25) is 0 Å². The molecule has 0 N–H and O–H groups in total. The highest BCUT2D eigenvalue weighted by molar-refractivity contribution is 7.80. The third-order valence-corrected chi connectivity index (χ3v) is 5.92. The summed E-state index contributed by atoms with van der Waals surface area (Å²) in [5.74, 6) is -1.26. The SMILES string of the molecule is CCCN1C(=O)/C(=C\c2cn(CC(=O)OCC)c3ccccc23)C(=O)N(c2ccccc2)C1=S. The molecule has 8 heteroatoms. The van der Waals surface area contributed by atoms with Gasteiger partial charge in [0.2, 0.25) is 0 Å². The number of nitrogens with zero attached hydrogens (tertiary/aromatic N) is 3. The number of esters is 1. The summed E-state index contributed by atoms with van der Waals surface area (Å²) >= 11 is 5.55. The van der Waals surface area contributed by atoms with Crippen molar-refractivity contribution in [2.75, 3.05) is 18.1 Å². The Morgan fingerprint density at radius 2 is 1.71 bits per heavy atom. The predicted octanol–water partition coefficient (Wildman–Crippen LogP) is 4.16. The summed E-state index contributed by atoms with van der Waals surface area (Å²) in [6.45, 7) is 4.43. The number of fused-ring (bicyclic) bond motifs is 1. The molecule has 1 fully saturated rings. The van der Waals surface area contributed by atoms with Crippen LogP contribution in [0.5, 0.6) is 0 Å². The van der Waals surface area contributed by atoms with E-state index in [2.05, 4.69) is 0 Å². The second-order valence-corrected chi connectivity index (χ2v) is 8.17. The van der Waals surface area contributed by atoms with Crippen molar-refractivity contribution < 1.29 is 19.1 Å². The summed E-state index contributed by atoms with van der Waals surface area (Å²) in [4.78, 5) is 41.9. The zero-order valence-electron chi connectivity index (χ0n) is 19.1. The first-order valence-electron chi connectivity index (χ1n) is 11.2. The van der Waals surface area contributed by atoms with Gasteiger partial charge in [0.25, 0.3) is 11.8 Å². The maximum Gasteiger partial charge on any atom is 0.325 e. The first kappa shape index (κ1) is 23.4. The Bertz CT molecular complexity index is 1300. The lowest BCUT2D eigenvalue weighted by Crippen LogP contribution is -2.56. The van der Waals surface area contributed by atoms with Gasteiger partial charge in [-0.25, -0.2) is 0 Å². The number of para-hydroxylation sites is 2. The van der Waals surface area contributed by atoms with Gasteiger partial charge in [0.15, 0.2) is 5.11 Å². The summed E-state index contributed by atoms with van der Waals surface area (Å²) in [6, 6.07) is 16.6. The largest absolute Gasteiger partial charge is 0.465 e. The molecule has 0 spiro atoms. The van der Waals surface area contributed by atoms with E-state index in [4.69, 9.17) is 17.0 Å².